The van der Waals surface area contributed by atoms with Crippen LogP contribution in [0.1, 0.15) is 19.3 Å². The van der Waals surface area contributed by atoms with Gasteiger partial charge in [0.2, 0.25) is 11.0 Å². The minimum Gasteiger partial charge on any atom is -0.493 e. The summed E-state index contributed by atoms with van der Waals surface area (Å²) < 4.78 is 10.6. The zero-order valence-electron chi connectivity index (χ0n) is 15.3. The van der Waals surface area contributed by atoms with Gasteiger partial charge in [0.1, 0.15) is 5.01 Å². The van der Waals surface area contributed by atoms with Crippen molar-refractivity contribution < 1.29 is 14.3 Å². The molecule has 1 N–H and O–H groups in total. The molecule has 0 unspecified atom stereocenters. The van der Waals surface area contributed by atoms with Gasteiger partial charge in [0.15, 0.2) is 11.5 Å². The van der Waals surface area contributed by atoms with Gasteiger partial charge < -0.3 is 14.8 Å². The lowest BCUT2D eigenvalue weighted by molar-refractivity contribution is -0.120. The number of hydrogen-bond donors (Lipinski definition) is 1. The van der Waals surface area contributed by atoms with E-state index in [2.05, 4.69) is 27.7 Å². The molecular formula is C20H21N3O3S. The van der Waals surface area contributed by atoms with Crippen LogP contribution in [0, 0.1) is 23.2 Å². The Morgan fingerprint density at radius 2 is 2.00 bits per heavy atom. The Labute approximate surface area is 161 Å². The molecule has 1 heterocycles. The number of allylic oxidation sites excluding steroid dienone is 2. The number of anilines is 1. The molecule has 0 saturated heterocycles. The topological polar surface area (TPSA) is 73.3 Å². The van der Waals surface area contributed by atoms with Gasteiger partial charge in [-0.2, -0.15) is 0 Å². The molecule has 1 spiro atoms. The van der Waals surface area contributed by atoms with E-state index < -0.39 is 0 Å². The van der Waals surface area contributed by atoms with Gasteiger partial charge in [-0.05, 0) is 54.7 Å². The fraction of sp³-hybridized carbons (Fsp3) is 0.450. The standard InChI is InChI=1S/C20H21N3O3S/c1-25-15-6-3-11(9-16(15)26-2)18-22-23-19(27-18)21-17(24)13-10-12-4-5-14(13)20(12)7-8-20/h3-6,9,12-14H,7-8,10H2,1-2H3,(H,21,23,24)/t12-,13-,14-/m1/s1. The van der Waals surface area contributed by atoms with Crippen molar-refractivity contribution in [2.75, 3.05) is 19.5 Å². The SMILES string of the molecule is COc1ccc(-c2nnc(NC(=O)[C@@H]3C[C@H]4C=C[C@H]3C43CC3)s2)cc1OC. The number of nitrogens with one attached hydrogen (secondary N) is 1. The van der Waals surface area contributed by atoms with Crippen molar-refractivity contribution in [3.63, 3.8) is 0 Å². The fourth-order valence-electron chi connectivity index (χ4n) is 4.83. The summed E-state index contributed by atoms with van der Waals surface area (Å²) in [7, 11) is 3.20. The molecule has 1 aromatic carbocycles. The summed E-state index contributed by atoms with van der Waals surface area (Å²) in [6.07, 6.45) is 8.08. The van der Waals surface area contributed by atoms with E-state index in [4.69, 9.17) is 9.47 Å². The highest BCUT2D eigenvalue weighted by Crippen LogP contribution is 2.70. The summed E-state index contributed by atoms with van der Waals surface area (Å²) in [6.45, 7) is 0. The first kappa shape index (κ1) is 16.7. The van der Waals surface area contributed by atoms with Gasteiger partial charge >= 0.3 is 0 Å². The molecule has 27 heavy (non-hydrogen) atoms. The Morgan fingerprint density at radius 1 is 1.19 bits per heavy atom. The Balaban J connectivity index is 1.31. The lowest BCUT2D eigenvalue weighted by atomic mass is 9.88. The third-order valence-electron chi connectivity index (χ3n) is 6.34. The normalized spacial score (nSPS) is 26.4. The molecule has 5 rings (SSSR count). The van der Waals surface area contributed by atoms with Crippen molar-refractivity contribution in [3.8, 4) is 22.1 Å². The zero-order chi connectivity index (χ0) is 18.6. The van der Waals surface area contributed by atoms with Crippen LogP contribution in [0.25, 0.3) is 10.6 Å². The molecule has 0 radical (unpaired) electrons. The molecule has 140 valence electrons. The molecule has 3 aliphatic carbocycles. The minimum atomic E-state index is 0.0657. The molecule has 2 bridgehead atoms. The van der Waals surface area contributed by atoms with Crippen LogP contribution in [0.15, 0.2) is 30.4 Å². The number of amides is 1. The van der Waals surface area contributed by atoms with E-state index in [1.54, 1.807) is 14.2 Å². The number of nitrogens with zero attached hydrogens (tertiary/aromatic N) is 2. The maximum atomic E-state index is 12.8. The first-order chi connectivity index (χ1) is 13.1. The smallest absolute Gasteiger partial charge is 0.229 e. The predicted molar refractivity (Wildman–Crippen MR) is 103 cm³/mol. The largest absolute Gasteiger partial charge is 0.493 e. The van der Waals surface area contributed by atoms with E-state index in [1.165, 1.54) is 24.2 Å². The number of ether oxygens (including phenoxy) is 2. The third-order valence-corrected chi connectivity index (χ3v) is 7.23. The molecule has 7 heteroatoms. The molecular weight excluding hydrogens is 362 g/mol. The molecule has 2 fully saturated rings. The summed E-state index contributed by atoms with van der Waals surface area (Å²) in [5.41, 5.74) is 1.29. The summed E-state index contributed by atoms with van der Waals surface area (Å²) >= 11 is 1.37. The van der Waals surface area contributed by atoms with Crippen LogP contribution in [0.5, 0.6) is 11.5 Å². The van der Waals surface area contributed by atoms with Crippen LogP contribution in [0.3, 0.4) is 0 Å². The van der Waals surface area contributed by atoms with Gasteiger partial charge in [-0.3, -0.25) is 4.79 Å². The second-order valence-corrected chi connectivity index (χ2v) is 8.54. The van der Waals surface area contributed by atoms with Gasteiger partial charge in [-0.15, -0.1) is 10.2 Å². The second-order valence-electron chi connectivity index (χ2n) is 7.56. The van der Waals surface area contributed by atoms with Crippen molar-refractivity contribution in [1.82, 2.24) is 10.2 Å². The fourth-order valence-corrected chi connectivity index (χ4v) is 5.57. The predicted octanol–water partition coefficient (Wildman–Crippen LogP) is 3.76. The number of carbonyl (C=O) groups excluding carboxylic acids is 1. The van der Waals surface area contributed by atoms with Crippen LogP contribution in [0.4, 0.5) is 5.13 Å². The molecule has 3 atom stereocenters. The highest BCUT2D eigenvalue weighted by atomic mass is 32.1. The highest BCUT2D eigenvalue weighted by Gasteiger charge is 2.64. The Hall–Kier alpha value is -2.41. The number of rotatable bonds is 5. The Morgan fingerprint density at radius 3 is 2.70 bits per heavy atom. The van der Waals surface area contributed by atoms with Gasteiger partial charge in [-0.25, -0.2) is 0 Å². The van der Waals surface area contributed by atoms with E-state index in [1.807, 2.05) is 18.2 Å². The number of aromatic nitrogens is 2. The number of hydrogen-bond acceptors (Lipinski definition) is 6. The summed E-state index contributed by atoms with van der Waals surface area (Å²) in [5.74, 6) is 2.44. The number of methoxy groups -OCH3 is 2. The van der Waals surface area contributed by atoms with Gasteiger partial charge in [0.05, 0.1) is 14.2 Å². The average Bonchev–Trinajstić information content (AvgIpc) is 3.12. The van der Waals surface area contributed by atoms with Crippen molar-refractivity contribution in [2.45, 2.75) is 19.3 Å². The maximum Gasteiger partial charge on any atom is 0.229 e. The van der Waals surface area contributed by atoms with E-state index in [-0.39, 0.29) is 11.8 Å². The molecule has 1 amide bonds. The molecule has 0 aliphatic heterocycles. The minimum absolute atomic E-state index is 0.0657. The molecule has 6 nitrogen and oxygen atoms in total. The average molecular weight is 383 g/mol. The molecule has 1 aromatic heterocycles. The van der Waals surface area contributed by atoms with Crippen LogP contribution < -0.4 is 14.8 Å². The first-order valence-corrected chi connectivity index (χ1v) is 10.0. The van der Waals surface area contributed by atoms with E-state index in [0.29, 0.717) is 33.9 Å². The highest BCUT2D eigenvalue weighted by molar-refractivity contribution is 7.18. The number of benzene rings is 1. The van der Waals surface area contributed by atoms with Gasteiger partial charge in [-0.1, -0.05) is 23.5 Å². The van der Waals surface area contributed by atoms with Crippen molar-refractivity contribution in [1.29, 1.82) is 0 Å². The van der Waals surface area contributed by atoms with Crippen molar-refractivity contribution >= 4 is 22.4 Å². The van der Waals surface area contributed by atoms with Crippen molar-refractivity contribution in [3.05, 3.63) is 30.4 Å². The Kier molecular flexibility index (Phi) is 3.75. The third kappa shape index (κ3) is 2.56. The van der Waals surface area contributed by atoms with Crippen molar-refractivity contribution in [2.24, 2.45) is 23.2 Å². The molecule has 3 aliphatic rings. The second kappa shape index (κ2) is 6.05. The van der Waals surface area contributed by atoms with Crippen LogP contribution in [0.2, 0.25) is 0 Å². The van der Waals surface area contributed by atoms with E-state index in [0.717, 1.165) is 17.0 Å². The van der Waals surface area contributed by atoms with E-state index in [9.17, 15) is 4.79 Å². The monoisotopic (exact) mass is 383 g/mol. The maximum absolute atomic E-state index is 12.8. The molecule has 2 aromatic rings. The van der Waals surface area contributed by atoms with E-state index >= 15 is 0 Å². The lowest BCUT2D eigenvalue weighted by Crippen LogP contribution is -2.27. The summed E-state index contributed by atoms with van der Waals surface area (Å²) in [4.78, 5) is 12.8. The van der Waals surface area contributed by atoms with Crippen LogP contribution >= 0.6 is 11.3 Å². The quantitative estimate of drug-likeness (QED) is 0.796. The van der Waals surface area contributed by atoms with Crippen LogP contribution in [-0.4, -0.2) is 30.3 Å². The van der Waals surface area contributed by atoms with Gasteiger partial charge in [0, 0.05) is 11.5 Å². The van der Waals surface area contributed by atoms with Gasteiger partial charge in [0.25, 0.3) is 0 Å². The summed E-state index contributed by atoms with van der Waals surface area (Å²) in [6, 6.07) is 5.61. The summed E-state index contributed by atoms with van der Waals surface area (Å²) in [5, 5.41) is 12.7. The number of carbonyl (C=O) groups is 1. The Bertz CT molecular complexity index is 934. The van der Waals surface area contributed by atoms with Crippen LogP contribution in [-0.2, 0) is 4.79 Å². The zero-order valence-corrected chi connectivity index (χ0v) is 16.1. The first-order valence-electron chi connectivity index (χ1n) is 9.20. The lowest BCUT2D eigenvalue weighted by Gasteiger charge is -2.18. The molecule has 2 saturated carbocycles.